The number of methoxy groups -OCH3 is 1. The van der Waals surface area contributed by atoms with E-state index in [2.05, 4.69) is 48.4 Å². The smallest absolute Gasteiger partial charge is 0.244 e. The SMILES string of the molecule is CCCCC(=CC=CC(=O)N[C@H](CC)CCCc1cccnc1)c1ccc(OC)cc1. The summed E-state index contributed by atoms with van der Waals surface area (Å²) in [5.74, 6) is 0.816. The largest absolute Gasteiger partial charge is 0.497 e. The number of nitrogens with one attached hydrogen (secondary N) is 1. The second kappa shape index (κ2) is 14.2. The number of hydrogen-bond acceptors (Lipinski definition) is 3. The molecule has 1 aromatic heterocycles. The van der Waals surface area contributed by atoms with Crippen molar-refractivity contribution in [3.05, 3.63) is 78.1 Å². The lowest BCUT2D eigenvalue weighted by molar-refractivity contribution is -0.117. The predicted octanol–water partition coefficient (Wildman–Crippen LogP) is 6.14. The fourth-order valence-electron chi connectivity index (χ4n) is 3.47. The van der Waals surface area contributed by atoms with E-state index in [1.807, 2.05) is 30.5 Å². The van der Waals surface area contributed by atoms with Crippen molar-refractivity contribution in [3.63, 3.8) is 0 Å². The third-order valence-electron chi connectivity index (χ3n) is 5.39. The number of rotatable bonds is 13. The maximum atomic E-state index is 12.4. The number of benzene rings is 1. The molecule has 0 fully saturated rings. The number of carbonyl (C=O) groups excluding carboxylic acids is 1. The van der Waals surface area contributed by atoms with E-state index in [0.717, 1.165) is 50.7 Å². The van der Waals surface area contributed by atoms with Crippen LogP contribution in [-0.4, -0.2) is 24.0 Å². The fourth-order valence-corrected chi connectivity index (χ4v) is 3.47. The highest BCUT2D eigenvalue weighted by molar-refractivity contribution is 5.88. The van der Waals surface area contributed by atoms with Crippen molar-refractivity contribution in [2.45, 2.75) is 64.8 Å². The zero-order valence-electron chi connectivity index (χ0n) is 19.1. The zero-order valence-corrected chi connectivity index (χ0v) is 19.1. The van der Waals surface area contributed by atoms with Gasteiger partial charge >= 0.3 is 0 Å². The minimum absolute atomic E-state index is 0.0333. The van der Waals surface area contributed by atoms with Crippen LogP contribution in [0.15, 0.2) is 67.0 Å². The highest BCUT2D eigenvalue weighted by Gasteiger charge is 2.08. The van der Waals surface area contributed by atoms with Crippen molar-refractivity contribution in [1.82, 2.24) is 10.3 Å². The molecule has 1 heterocycles. The average Bonchev–Trinajstić information content (AvgIpc) is 2.81. The molecule has 4 heteroatoms. The third-order valence-corrected chi connectivity index (χ3v) is 5.39. The molecule has 4 nitrogen and oxygen atoms in total. The van der Waals surface area contributed by atoms with Crippen molar-refractivity contribution in [3.8, 4) is 5.75 Å². The highest BCUT2D eigenvalue weighted by atomic mass is 16.5. The molecule has 1 amide bonds. The molecule has 0 saturated heterocycles. The molecule has 1 N–H and O–H groups in total. The van der Waals surface area contributed by atoms with Gasteiger partial charge in [-0.05, 0) is 73.4 Å². The van der Waals surface area contributed by atoms with Crippen molar-refractivity contribution in [2.24, 2.45) is 0 Å². The first kappa shape index (κ1) is 24.4. The number of pyridine rings is 1. The van der Waals surface area contributed by atoms with Gasteiger partial charge in [-0.25, -0.2) is 0 Å². The summed E-state index contributed by atoms with van der Waals surface area (Å²) in [6, 6.07) is 12.4. The summed E-state index contributed by atoms with van der Waals surface area (Å²) < 4.78 is 5.25. The number of nitrogens with zero attached hydrogens (tertiary/aromatic N) is 1. The lowest BCUT2D eigenvalue weighted by Crippen LogP contribution is -2.33. The van der Waals surface area contributed by atoms with E-state index >= 15 is 0 Å². The Morgan fingerprint density at radius 2 is 1.97 bits per heavy atom. The van der Waals surface area contributed by atoms with Gasteiger partial charge in [0.1, 0.15) is 5.75 Å². The first-order chi connectivity index (χ1) is 15.2. The molecule has 2 aromatic rings. The molecular formula is C27H36N2O2. The number of aryl methyl sites for hydroxylation is 1. The van der Waals surface area contributed by atoms with Crippen LogP contribution in [0.5, 0.6) is 5.75 Å². The van der Waals surface area contributed by atoms with E-state index in [0.29, 0.717) is 0 Å². The molecule has 2 rings (SSSR count). The van der Waals surface area contributed by atoms with Gasteiger partial charge in [0.2, 0.25) is 5.91 Å². The van der Waals surface area contributed by atoms with Gasteiger partial charge in [0.05, 0.1) is 7.11 Å². The van der Waals surface area contributed by atoms with Crippen molar-refractivity contribution in [1.29, 1.82) is 0 Å². The van der Waals surface area contributed by atoms with E-state index < -0.39 is 0 Å². The Morgan fingerprint density at radius 3 is 2.61 bits per heavy atom. The van der Waals surface area contributed by atoms with E-state index in [4.69, 9.17) is 4.74 Å². The van der Waals surface area contributed by atoms with Gasteiger partial charge < -0.3 is 10.1 Å². The number of unbranched alkanes of at least 4 members (excludes halogenated alkanes) is 1. The standard InChI is InChI=1S/C27H36N2O2/c1-4-6-12-23(24-16-18-26(31-3)19-17-24)13-8-15-27(30)29-25(5-2)14-7-10-22-11-9-20-28-21-22/h8-9,11,13,15-21,25H,4-7,10,12,14H2,1-3H3,(H,29,30)/t25-/m1/s1. The van der Waals surface area contributed by atoms with Crippen molar-refractivity contribution in [2.75, 3.05) is 7.11 Å². The van der Waals surface area contributed by atoms with Crippen LogP contribution in [0.1, 0.15) is 63.5 Å². The Balaban J connectivity index is 1.90. The Kier molecular flexibility index (Phi) is 11.2. The Labute approximate surface area is 187 Å². The van der Waals surface area contributed by atoms with Crippen LogP contribution in [0.3, 0.4) is 0 Å². The van der Waals surface area contributed by atoms with Crippen LogP contribution in [0.4, 0.5) is 0 Å². The summed E-state index contributed by atoms with van der Waals surface area (Å²) in [5, 5.41) is 3.14. The quantitative estimate of drug-likeness (QED) is 0.313. The molecule has 0 bridgehead atoms. The maximum absolute atomic E-state index is 12.4. The van der Waals surface area contributed by atoms with Crippen LogP contribution in [0.25, 0.3) is 5.57 Å². The Bertz CT molecular complexity index is 826. The molecule has 0 spiro atoms. The van der Waals surface area contributed by atoms with Gasteiger partial charge in [0, 0.05) is 24.5 Å². The van der Waals surface area contributed by atoms with Gasteiger partial charge in [0.25, 0.3) is 0 Å². The second-order valence-corrected chi connectivity index (χ2v) is 7.75. The summed E-state index contributed by atoms with van der Waals surface area (Å²) in [4.78, 5) is 16.6. The minimum Gasteiger partial charge on any atom is -0.497 e. The number of ether oxygens (including phenoxy) is 1. The van der Waals surface area contributed by atoms with E-state index in [-0.39, 0.29) is 11.9 Å². The second-order valence-electron chi connectivity index (χ2n) is 7.75. The Morgan fingerprint density at radius 1 is 1.16 bits per heavy atom. The number of carbonyl (C=O) groups is 1. The molecule has 0 radical (unpaired) electrons. The molecule has 0 aliphatic rings. The zero-order chi connectivity index (χ0) is 22.3. The molecule has 166 valence electrons. The molecule has 1 atom stereocenters. The van der Waals surface area contributed by atoms with Gasteiger partial charge in [0.15, 0.2) is 0 Å². The van der Waals surface area contributed by atoms with Gasteiger partial charge in [-0.1, -0.05) is 50.6 Å². The summed E-state index contributed by atoms with van der Waals surface area (Å²) in [5.41, 5.74) is 3.64. The lowest BCUT2D eigenvalue weighted by atomic mass is 9.99. The van der Waals surface area contributed by atoms with Crippen LogP contribution >= 0.6 is 0 Å². The summed E-state index contributed by atoms with van der Waals surface area (Å²) in [6.45, 7) is 4.30. The number of amides is 1. The molecular weight excluding hydrogens is 384 g/mol. The average molecular weight is 421 g/mol. The molecule has 0 saturated carbocycles. The van der Waals surface area contributed by atoms with Crippen LogP contribution in [0.2, 0.25) is 0 Å². The number of allylic oxidation sites excluding steroid dienone is 3. The normalized spacial score (nSPS) is 12.7. The minimum atomic E-state index is -0.0333. The number of aromatic nitrogens is 1. The molecule has 0 aliphatic heterocycles. The first-order valence-corrected chi connectivity index (χ1v) is 11.4. The van der Waals surface area contributed by atoms with E-state index in [1.165, 1.54) is 16.7 Å². The van der Waals surface area contributed by atoms with Crippen molar-refractivity contribution >= 4 is 11.5 Å². The summed E-state index contributed by atoms with van der Waals surface area (Å²) in [7, 11) is 1.67. The Hall–Kier alpha value is -2.88. The third kappa shape index (κ3) is 9.20. The topological polar surface area (TPSA) is 51.2 Å². The molecule has 1 aromatic carbocycles. The molecule has 0 aliphatic carbocycles. The monoisotopic (exact) mass is 420 g/mol. The highest BCUT2D eigenvalue weighted by Crippen LogP contribution is 2.23. The van der Waals surface area contributed by atoms with Gasteiger partial charge in [-0.15, -0.1) is 0 Å². The van der Waals surface area contributed by atoms with Gasteiger partial charge in [-0.2, -0.15) is 0 Å². The number of hydrogen-bond donors (Lipinski definition) is 1. The fraction of sp³-hybridized carbons (Fsp3) is 0.407. The van der Waals surface area contributed by atoms with E-state index in [9.17, 15) is 4.79 Å². The molecule has 0 unspecified atom stereocenters. The first-order valence-electron chi connectivity index (χ1n) is 11.4. The summed E-state index contributed by atoms with van der Waals surface area (Å²) >= 11 is 0. The van der Waals surface area contributed by atoms with Gasteiger partial charge in [-0.3, -0.25) is 9.78 Å². The summed E-state index contributed by atoms with van der Waals surface area (Å²) in [6.07, 6.45) is 16.4. The van der Waals surface area contributed by atoms with Crippen LogP contribution < -0.4 is 10.1 Å². The van der Waals surface area contributed by atoms with Crippen molar-refractivity contribution < 1.29 is 9.53 Å². The van der Waals surface area contributed by atoms with E-state index in [1.54, 1.807) is 19.4 Å². The van der Waals surface area contributed by atoms with Crippen LogP contribution in [-0.2, 0) is 11.2 Å². The predicted molar refractivity (Wildman–Crippen MR) is 129 cm³/mol. The molecule has 31 heavy (non-hydrogen) atoms. The lowest BCUT2D eigenvalue weighted by Gasteiger charge is -2.15. The van der Waals surface area contributed by atoms with Crippen LogP contribution in [0, 0.1) is 0 Å². The maximum Gasteiger partial charge on any atom is 0.244 e.